The van der Waals surface area contributed by atoms with Gasteiger partial charge in [0.1, 0.15) is 0 Å². The first-order valence-electron chi connectivity index (χ1n) is 7.97. The van der Waals surface area contributed by atoms with Crippen LogP contribution in [0.2, 0.25) is 0 Å². The number of hydrogen-bond acceptors (Lipinski definition) is 3. The topological polar surface area (TPSA) is 32.5 Å². The van der Waals surface area contributed by atoms with E-state index in [9.17, 15) is 0 Å². The SMILES string of the molecule is Cc1cc(CC(C)N)ccc1N1CCN2CCCC2C1. The van der Waals surface area contributed by atoms with Gasteiger partial charge in [-0.15, -0.1) is 0 Å². The summed E-state index contributed by atoms with van der Waals surface area (Å²) in [6.07, 6.45) is 3.72. The lowest BCUT2D eigenvalue weighted by atomic mass is 10.0. The minimum absolute atomic E-state index is 0.238. The molecule has 2 unspecified atom stereocenters. The second kappa shape index (κ2) is 5.74. The summed E-state index contributed by atoms with van der Waals surface area (Å²) in [5, 5.41) is 0. The highest BCUT2D eigenvalue weighted by Gasteiger charge is 2.30. The molecule has 2 N–H and O–H groups in total. The van der Waals surface area contributed by atoms with Crippen molar-refractivity contribution in [2.45, 2.75) is 45.2 Å². The lowest BCUT2D eigenvalue weighted by molar-refractivity contribution is 0.231. The van der Waals surface area contributed by atoms with Crippen LogP contribution in [-0.2, 0) is 6.42 Å². The van der Waals surface area contributed by atoms with E-state index in [1.54, 1.807) is 0 Å². The maximum Gasteiger partial charge on any atom is 0.0397 e. The fourth-order valence-electron chi connectivity index (χ4n) is 3.78. The summed E-state index contributed by atoms with van der Waals surface area (Å²) >= 11 is 0. The number of hydrogen-bond donors (Lipinski definition) is 1. The Morgan fingerprint density at radius 2 is 2.15 bits per heavy atom. The molecular formula is C17H27N3. The number of benzene rings is 1. The molecule has 20 heavy (non-hydrogen) atoms. The fourth-order valence-corrected chi connectivity index (χ4v) is 3.78. The van der Waals surface area contributed by atoms with Crippen molar-refractivity contribution >= 4 is 5.69 Å². The lowest BCUT2D eigenvalue weighted by Crippen LogP contribution is -2.50. The molecule has 2 atom stereocenters. The van der Waals surface area contributed by atoms with Gasteiger partial charge in [-0.3, -0.25) is 4.90 Å². The number of fused-ring (bicyclic) bond motifs is 1. The van der Waals surface area contributed by atoms with E-state index in [1.807, 2.05) is 0 Å². The average molecular weight is 273 g/mol. The Kier molecular flexibility index (Phi) is 3.99. The van der Waals surface area contributed by atoms with Crippen LogP contribution in [0.3, 0.4) is 0 Å². The van der Waals surface area contributed by atoms with E-state index in [4.69, 9.17) is 5.73 Å². The highest BCUT2D eigenvalue weighted by molar-refractivity contribution is 5.55. The molecule has 0 bridgehead atoms. The number of rotatable bonds is 3. The summed E-state index contributed by atoms with van der Waals surface area (Å²) in [4.78, 5) is 5.24. The van der Waals surface area contributed by atoms with Crippen LogP contribution < -0.4 is 10.6 Å². The van der Waals surface area contributed by atoms with Crippen molar-refractivity contribution in [2.24, 2.45) is 5.73 Å². The van der Waals surface area contributed by atoms with Gasteiger partial charge in [0.05, 0.1) is 0 Å². The number of nitrogens with two attached hydrogens (primary N) is 1. The van der Waals surface area contributed by atoms with Gasteiger partial charge in [0.25, 0.3) is 0 Å². The Bertz CT molecular complexity index is 469. The van der Waals surface area contributed by atoms with E-state index in [0.29, 0.717) is 0 Å². The van der Waals surface area contributed by atoms with Gasteiger partial charge in [-0.2, -0.15) is 0 Å². The normalized spacial score (nSPS) is 24.8. The molecule has 0 spiro atoms. The van der Waals surface area contributed by atoms with Crippen molar-refractivity contribution in [1.29, 1.82) is 0 Å². The molecule has 0 amide bonds. The molecule has 1 aromatic carbocycles. The Balaban J connectivity index is 1.73. The number of piperazine rings is 1. The summed E-state index contributed by atoms with van der Waals surface area (Å²) in [7, 11) is 0. The second-order valence-corrected chi connectivity index (χ2v) is 6.58. The molecule has 2 aliphatic heterocycles. The van der Waals surface area contributed by atoms with Gasteiger partial charge >= 0.3 is 0 Å². The monoisotopic (exact) mass is 273 g/mol. The molecule has 0 aliphatic carbocycles. The molecule has 0 radical (unpaired) electrons. The fraction of sp³-hybridized carbons (Fsp3) is 0.647. The molecular weight excluding hydrogens is 246 g/mol. The quantitative estimate of drug-likeness (QED) is 0.916. The minimum Gasteiger partial charge on any atom is -0.368 e. The van der Waals surface area contributed by atoms with E-state index < -0.39 is 0 Å². The Labute approximate surface area is 122 Å². The zero-order chi connectivity index (χ0) is 14.1. The van der Waals surface area contributed by atoms with Crippen molar-refractivity contribution in [1.82, 2.24) is 4.90 Å². The molecule has 0 saturated carbocycles. The summed E-state index contributed by atoms with van der Waals surface area (Å²) < 4.78 is 0. The minimum atomic E-state index is 0.238. The highest BCUT2D eigenvalue weighted by Crippen LogP contribution is 2.28. The van der Waals surface area contributed by atoms with Crippen LogP contribution in [0.5, 0.6) is 0 Å². The van der Waals surface area contributed by atoms with E-state index >= 15 is 0 Å². The highest BCUT2D eigenvalue weighted by atomic mass is 15.3. The zero-order valence-corrected chi connectivity index (χ0v) is 12.8. The molecule has 2 heterocycles. The third-order valence-corrected chi connectivity index (χ3v) is 4.75. The summed E-state index contributed by atoms with van der Waals surface area (Å²) in [5.41, 5.74) is 10.1. The predicted molar refractivity (Wildman–Crippen MR) is 85.3 cm³/mol. The second-order valence-electron chi connectivity index (χ2n) is 6.58. The van der Waals surface area contributed by atoms with Crippen LogP contribution in [0.1, 0.15) is 30.9 Å². The van der Waals surface area contributed by atoms with E-state index in [2.05, 4.69) is 41.8 Å². The summed E-state index contributed by atoms with van der Waals surface area (Å²) in [6.45, 7) is 9.22. The maximum absolute atomic E-state index is 5.90. The first-order chi connectivity index (χ1) is 9.63. The zero-order valence-electron chi connectivity index (χ0n) is 12.8. The smallest absolute Gasteiger partial charge is 0.0397 e. The average Bonchev–Trinajstić information content (AvgIpc) is 2.85. The molecule has 3 heteroatoms. The largest absolute Gasteiger partial charge is 0.368 e. The van der Waals surface area contributed by atoms with Crippen molar-refractivity contribution in [3.63, 3.8) is 0 Å². The molecule has 3 nitrogen and oxygen atoms in total. The van der Waals surface area contributed by atoms with Gasteiger partial charge in [-0.1, -0.05) is 12.1 Å². The van der Waals surface area contributed by atoms with Crippen LogP contribution in [0.15, 0.2) is 18.2 Å². The number of nitrogens with zero attached hydrogens (tertiary/aromatic N) is 2. The molecule has 2 aliphatic rings. The van der Waals surface area contributed by atoms with E-state index in [-0.39, 0.29) is 6.04 Å². The third-order valence-electron chi connectivity index (χ3n) is 4.75. The molecule has 0 aromatic heterocycles. The van der Waals surface area contributed by atoms with E-state index in [1.165, 1.54) is 55.8 Å². The Morgan fingerprint density at radius 1 is 1.30 bits per heavy atom. The molecule has 110 valence electrons. The van der Waals surface area contributed by atoms with Gasteiger partial charge in [-0.05, 0) is 56.8 Å². The Hall–Kier alpha value is -1.06. The first kappa shape index (κ1) is 13.9. The van der Waals surface area contributed by atoms with Crippen LogP contribution in [0.4, 0.5) is 5.69 Å². The van der Waals surface area contributed by atoms with Crippen LogP contribution >= 0.6 is 0 Å². The van der Waals surface area contributed by atoms with Crippen LogP contribution in [0.25, 0.3) is 0 Å². The van der Waals surface area contributed by atoms with Gasteiger partial charge in [0, 0.05) is 37.4 Å². The van der Waals surface area contributed by atoms with Gasteiger partial charge in [-0.25, -0.2) is 0 Å². The number of aryl methyl sites for hydroxylation is 1. The maximum atomic E-state index is 5.90. The lowest BCUT2D eigenvalue weighted by Gasteiger charge is -2.39. The first-order valence-corrected chi connectivity index (χ1v) is 7.97. The summed E-state index contributed by atoms with van der Waals surface area (Å²) in [6, 6.07) is 7.90. The van der Waals surface area contributed by atoms with Crippen LogP contribution in [0, 0.1) is 6.92 Å². The third kappa shape index (κ3) is 2.84. The summed E-state index contributed by atoms with van der Waals surface area (Å²) in [5.74, 6) is 0. The molecule has 3 rings (SSSR count). The van der Waals surface area contributed by atoms with Crippen LogP contribution in [-0.4, -0.2) is 43.2 Å². The van der Waals surface area contributed by atoms with Crippen molar-refractivity contribution in [3.05, 3.63) is 29.3 Å². The molecule has 2 saturated heterocycles. The Morgan fingerprint density at radius 3 is 2.90 bits per heavy atom. The van der Waals surface area contributed by atoms with Crippen molar-refractivity contribution in [3.8, 4) is 0 Å². The number of anilines is 1. The van der Waals surface area contributed by atoms with Crippen molar-refractivity contribution in [2.75, 3.05) is 31.1 Å². The van der Waals surface area contributed by atoms with E-state index in [0.717, 1.165) is 12.5 Å². The van der Waals surface area contributed by atoms with Gasteiger partial charge in [0.15, 0.2) is 0 Å². The van der Waals surface area contributed by atoms with Gasteiger partial charge in [0.2, 0.25) is 0 Å². The predicted octanol–water partition coefficient (Wildman–Crippen LogP) is 2.17. The molecule has 2 fully saturated rings. The van der Waals surface area contributed by atoms with Crippen molar-refractivity contribution < 1.29 is 0 Å². The van der Waals surface area contributed by atoms with Gasteiger partial charge < -0.3 is 10.6 Å². The standard InChI is InChI=1S/C17H27N3/c1-13-10-15(11-14(2)18)5-6-17(13)20-9-8-19-7-3-4-16(19)12-20/h5-6,10,14,16H,3-4,7-9,11-12,18H2,1-2H3. The molecule has 1 aromatic rings.